The van der Waals surface area contributed by atoms with Crippen molar-refractivity contribution < 1.29 is 4.79 Å². The van der Waals surface area contributed by atoms with Crippen molar-refractivity contribution in [3.8, 4) is 0 Å². The monoisotopic (exact) mass is 248 g/mol. The lowest BCUT2D eigenvalue weighted by molar-refractivity contribution is -0.132. The van der Waals surface area contributed by atoms with Crippen molar-refractivity contribution >= 4 is 11.7 Å². The van der Waals surface area contributed by atoms with Crippen LogP contribution >= 0.6 is 0 Å². The molecular weight excluding hydrogens is 228 g/mol. The van der Waals surface area contributed by atoms with E-state index >= 15 is 0 Å². The zero-order valence-corrected chi connectivity index (χ0v) is 10.6. The van der Waals surface area contributed by atoms with E-state index in [4.69, 9.17) is 5.84 Å². The highest BCUT2D eigenvalue weighted by atomic mass is 16.2. The van der Waals surface area contributed by atoms with E-state index in [1.165, 1.54) is 12.8 Å². The number of pyridine rings is 1. The molecule has 5 heteroatoms. The molecular formula is C13H20N4O. The number of hydrogen-bond acceptors (Lipinski definition) is 4. The summed E-state index contributed by atoms with van der Waals surface area (Å²) in [6.45, 7) is 1.42. The third kappa shape index (κ3) is 3.20. The molecule has 1 aromatic heterocycles. The van der Waals surface area contributed by atoms with Crippen LogP contribution in [-0.4, -0.2) is 22.3 Å². The molecule has 5 nitrogen and oxygen atoms in total. The lowest BCUT2D eigenvalue weighted by Gasteiger charge is -2.25. The summed E-state index contributed by atoms with van der Waals surface area (Å²) in [7, 11) is 0. The minimum absolute atomic E-state index is 0.238. The second-order valence-electron chi connectivity index (χ2n) is 4.63. The van der Waals surface area contributed by atoms with Crippen molar-refractivity contribution in [1.82, 2.24) is 9.88 Å². The number of hydrazine groups is 1. The molecule has 0 aliphatic carbocycles. The number of nitrogens with zero attached hydrogens (tertiary/aromatic N) is 2. The summed E-state index contributed by atoms with van der Waals surface area (Å²) in [4.78, 5) is 18.1. The molecule has 0 unspecified atom stereocenters. The minimum Gasteiger partial charge on any atom is -0.338 e. The van der Waals surface area contributed by atoms with Gasteiger partial charge in [-0.2, -0.15) is 0 Å². The van der Waals surface area contributed by atoms with Crippen LogP contribution in [0.1, 0.15) is 37.7 Å². The van der Waals surface area contributed by atoms with Gasteiger partial charge >= 0.3 is 0 Å². The van der Waals surface area contributed by atoms with Crippen LogP contribution in [0.25, 0.3) is 0 Å². The first-order valence-corrected chi connectivity index (χ1v) is 6.49. The number of amides is 1. The fraction of sp³-hybridized carbons (Fsp3) is 0.538. The van der Waals surface area contributed by atoms with Gasteiger partial charge in [-0.1, -0.05) is 18.9 Å². The quantitative estimate of drug-likeness (QED) is 0.630. The molecule has 0 atom stereocenters. The fourth-order valence-electron chi connectivity index (χ4n) is 2.28. The van der Waals surface area contributed by atoms with E-state index in [1.54, 1.807) is 6.20 Å². The van der Waals surface area contributed by atoms with Crippen LogP contribution in [-0.2, 0) is 11.3 Å². The highest BCUT2D eigenvalue weighted by molar-refractivity contribution is 5.76. The van der Waals surface area contributed by atoms with E-state index < -0.39 is 0 Å². The van der Waals surface area contributed by atoms with Crippen molar-refractivity contribution in [1.29, 1.82) is 0 Å². The summed E-state index contributed by atoms with van der Waals surface area (Å²) in [5.74, 6) is 6.31. The Morgan fingerprint density at radius 1 is 1.33 bits per heavy atom. The highest BCUT2D eigenvalue weighted by Gasteiger charge is 2.17. The number of rotatable bonds is 3. The molecule has 1 saturated heterocycles. The van der Waals surface area contributed by atoms with E-state index in [2.05, 4.69) is 10.4 Å². The number of nitrogen functional groups attached to an aromatic ring is 1. The summed E-state index contributed by atoms with van der Waals surface area (Å²) in [6.07, 6.45) is 6.81. The third-order valence-electron chi connectivity index (χ3n) is 3.31. The Hall–Kier alpha value is -1.62. The van der Waals surface area contributed by atoms with Crippen LogP contribution in [0, 0.1) is 0 Å². The van der Waals surface area contributed by atoms with Gasteiger partial charge in [0.15, 0.2) is 0 Å². The van der Waals surface area contributed by atoms with Gasteiger partial charge in [-0.25, -0.2) is 10.8 Å². The Bertz CT molecular complexity index is 408. The second-order valence-corrected chi connectivity index (χ2v) is 4.63. The van der Waals surface area contributed by atoms with E-state index in [-0.39, 0.29) is 5.91 Å². The molecule has 1 fully saturated rings. The van der Waals surface area contributed by atoms with Gasteiger partial charge in [0.1, 0.15) is 5.82 Å². The van der Waals surface area contributed by atoms with Crippen LogP contribution in [0.2, 0.25) is 0 Å². The molecule has 0 spiro atoms. The van der Waals surface area contributed by atoms with Gasteiger partial charge in [-0.3, -0.25) is 4.79 Å². The van der Waals surface area contributed by atoms with Crippen molar-refractivity contribution in [3.63, 3.8) is 0 Å². The standard InChI is InChI=1S/C13H20N4O/c14-16-13-11(6-5-8-15-13)10-17-9-4-2-1-3-7-12(17)18/h5-6,8H,1-4,7,9-10,14H2,(H,15,16). The summed E-state index contributed by atoms with van der Waals surface area (Å²) >= 11 is 0. The normalized spacial score (nSPS) is 17.2. The van der Waals surface area contributed by atoms with Crippen molar-refractivity contribution in [2.24, 2.45) is 5.84 Å². The Morgan fingerprint density at radius 3 is 3.00 bits per heavy atom. The molecule has 2 heterocycles. The van der Waals surface area contributed by atoms with E-state index in [0.29, 0.717) is 18.8 Å². The van der Waals surface area contributed by atoms with Crippen LogP contribution in [0.4, 0.5) is 5.82 Å². The van der Waals surface area contributed by atoms with Crippen molar-refractivity contribution in [3.05, 3.63) is 23.9 Å². The number of hydrogen-bond donors (Lipinski definition) is 2. The maximum absolute atomic E-state index is 12.0. The van der Waals surface area contributed by atoms with Gasteiger partial charge in [0, 0.05) is 31.3 Å². The zero-order valence-electron chi connectivity index (χ0n) is 10.6. The van der Waals surface area contributed by atoms with Crippen LogP contribution in [0.15, 0.2) is 18.3 Å². The van der Waals surface area contributed by atoms with E-state index in [0.717, 1.165) is 24.9 Å². The molecule has 1 aliphatic rings. The summed E-state index contributed by atoms with van der Waals surface area (Å²) in [6, 6.07) is 3.82. The molecule has 18 heavy (non-hydrogen) atoms. The highest BCUT2D eigenvalue weighted by Crippen LogP contribution is 2.17. The molecule has 3 N–H and O–H groups in total. The first-order valence-electron chi connectivity index (χ1n) is 6.49. The van der Waals surface area contributed by atoms with Gasteiger partial charge in [0.2, 0.25) is 5.91 Å². The lowest BCUT2D eigenvalue weighted by atomic mass is 10.1. The average Bonchev–Trinajstić information content (AvgIpc) is 2.39. The summed E-state index contributed by atoms with van der Waals surface area (Å²) in [5.41, 5.74) is 3.55. The number of nitrogens with one attached hydrogen (secondary N) is 1. The second kappa shape index (κ2) is 6.35. The summed E-state index contributed by atoms with van der Waals surface area (Å²) < 4.78 is 0. The molecule has 0 radical (unpaired) electrons. The molecule has 0 saturated carbocycles. The molecule has 0 aromatic carbocycles. The molecule has 1 aliphatic heterocycles. The van der Waals surface area contributed by atoms with Gasteiger partial charge < -0.3 is 10.3 Å². The predicted molar refractivity (Wildman–Crippen MR) is 70.5 cm³/mol. The Balaban J connectivity index is 2.08. The minimum atomic E-state index is 0.238. The van der Waals surface area contributed by atoms with Crippen LogP contribution in [0.5, 0.6) is 0 Å². The Labute approximate surface area is 107 Å². The van der Waals surface area contributed by atoms with E-state index in [1.807, 2.05) is 17.0 Å². The fourth-order valence-corrected chi connectivity index (χ4v) is 2.28. The van der Waals surface area contributed by atoms with Crippen molar-refractivity contribution in [2.45, 2.75) is 38.6 Å². The Kier molecular flexibility index (Phi) is 4.52. The first kappa shape index (κ1) is 12.8. The smallest absolute Gasteiger partial charge is 0.222 e. The maximum Gasteiger partial charge on any atom is 0.222 e. The Morgan fingerprint density at radius 2 is 2.17 bits per heavy atom. The molecule has 1 aromatic rings. The number of anilines is 1. The number of nitrogens with two attached hydrogens (primary N) is 1. The number of aromatic nitrogens is 1. The average molecular weight is 248 g/mol. The van der Waals surface area contributed by atoms with Crippen LogP contribution in [0.3, 0.4) is 0 Å². The first-order chi connectivity index (χ1) is 8.81. The van der Waals surface area contributed by atoms with Crippen molar-refractivity contribution in [2.75, 3.05) is 12.0 Å². The molecule has 1 amide bonds. The largest absolute Gasteiger partial charge is 0.338 e. The molecule has 0 bridgehead atoms. The zero-order chi connectivity index (χ0) is 12.8. The lowest BCUT2D eigenvalue weighted by Crippen LogP contribution is -2.32. The summed E-state index contributed by atoms with van der Waals surface area (Å²) in [5, 5.41) is 0. The van der Waals surface area contributed by atoms with Crippen LogP contribution < -0.4 is 11.3 Å². The number of carbonyl (C=O) groups excluding carboxylic acids is 1. The third-order valence-corrected chi connectivity index (χ3v) is 3.31. The SMILES string of the molecule is NNc1ncccc1CN1CCCCCCC1=O. The van der Waals surface area contributed by atoms with Gasteiger partial charge in [-0.15, -0.1) is 0 Å². The molecule has 98 valence electrons. The predicted octanol–water partition coefficient (Wildman–Crippen LogP) is 1.66. The number of carbonyl (C=O) groups is 1. The number of likely N-dealkylation sites (tertiary alicyclic amines) is 1. The van der Waals surface area contributed by atoms with Gasteiger partial charge in [0.05, 0.1) is 0 Å². The maximum atomic E-state index is 12.0. The van der Waals surface area contributed by atoms with E-state index in [9.17, 15) is 4.79 Å². The topological polar surface area (TPSA) is 71.2 Å². The van der Waals surface area contributed by atoms with Gasteiger partial charge in [-0.05, 0) is 18.9 Å². The molecule has 2 rings (SSSR count). The van der Waals surface area contributed by atoms with Gasteiger partial charge in [0.25, 0.3) is 0 Å².